The molecular formula is C14H22N2O3S. The Hall–Kier alpha value is -1.56. The molecule has 6 heteroatoms. The summed E-state index contributed by atoms with van der Waals surface area (Å²) in [7, 11) is 3.04. The Balaban J connectivity index is 2.81. The molecule has 3 N–H and O–H groups in total. The summed E-state index contributed by atoms with van der Waals surface area (Å²) in [6.45, 7) is 2.74. The number of carbonyl (C=O) groups is 1. The molecule has 0 aromatic heterocycles. The normalized spacial score (nSPS) is 11.8. The first-order valence-electron chi connectivity index (χ1n) is 6.36. The Bertz CT molecular complexity index is 466. The molecule has 0 saturated carbocycles. The molecular weight excluding hydrogens is 276 g/mol. The molecule has 5 nitrogen and oxygen atoms in total. The topological polar surface area (TPSA) is 73.6 Å². The molecule has 0 radical (unpaired) electrons. The number of carbonyl (C=O) groups excluding carboxylic acids is 1. The van der Waals surface area contributed by atoms with Gasteiger partial charge >= 0.3 is 0 Å². The SMILES string of the molecule is COc1cc(OC)c(N)c(C(=O)NCCC(C)SC)c1. The summed E-state index contributed by atoms with van der Waals surface area (Å²) in [5.41, 5.74) is 6.63. The first kappa shape index (κ1) is 16.5. The van der Waals surface area contributed by atoms with E-state index in [2.05, 4.69) is 18.5 Å². The number of rotatable bonds is 7. The third kappa shape index (κ3) is 4.23. The molecule has 1 aromatic carbocycles. The van der Waals surface area contributed by atoms with Gasteiger partial charge in [0, 0.05) is 17.9 Å². The van der Waals surface area contributed by atoms with E-state index >= 15 is 0 Å². The van der Waals surface area contributed by atoms with E-state index in [0.29, 0.717) is 34.5 Å². The van der Waals surface area contributed by atoms with Gasteiger partial charge in [0.25, 0.3) is 5.91 Å². The zero-order valence-electron chi connectivity index (χ0n) is 12.4. The standard InChI is InChI=1S/C14H22N2O3S/c1-9(20-4)5-6-16-14(17)11-7-10(18-2)8-12(19-3)13(11)15/h7-9H,5-6,15H2,1-4H3,(H,16,17). The molecule has 112 valence electrons. The van der Waals surface area contributed by atoms with Gasteiger partial charge in [-0.15, -0.1) is 0 Å². The molecule has 0 bridgehead atoms. The molecule has 0 spiro atoms. The molecule has 1 rings (SSSR count). The maximum absolute atomic E-state index is 12.2. The lowest BCUT2D eigenvalue weighted by Crippen LogP contribution is -2.27. The Morgan fingerprint density at radius 1 is 1.40 bits per heavy atom. The fraction of sp³-hybridized carbons (Fsp3) is 0.500. The first-order valence-corrected chi connectivity index (χ1v) is 7.64. The lowest BCUT2D eigenvalue weighted by atomic mass is 10.1. The van der Waals surface area contributed by atoms with Crippen molar-refractivity contribution >= 4 is 23.4 Å². The van der Waals surface area contributed by atoms with Crippen LogP contribution in [0.3, 0.4) is 0 Å². The zero-order valence-corrected chi connectivity index (χ0v) is 13.2. The van der Waals surface area contributed by atoms with Crippen LogP contribution in [-0.2, 0) is 0 Å². The molecule has 20 heavy (non-hydrogen) atoms. The highest BCUT2D eigenvalue weighted by Crippen LogP contribution is 2.30. The van der Waals surface area contributed by atoms with Crippen molar-refractivity contribution in [2.75, 3.05) is 32.8 Å². The van der Waals surface area contributed by atoms with Crippen LogP contribution in [0.15, 0.2) is 12.1 Å². The second kappa shape index (κ2) is 7.89. The fourth-order valence-electron chi connectivity index (χ4n) is 1.68. The molecule has 1 unspecified atom stereocenters. The van der Waals surface area contributed by atoms with Crippen LogP contribution in [0.5, 0.6) is 11.5 Å². The van der Waals surface area contributed by atoms with Gasteiger partial charge in [0.05, 0.1) is 25.5 Å². The van der Waals surface area contributed by atoms with Crippen molar-refractivity contribution in [3.63, 3.8) is 0 Å². The predicted molar refractivity (Wildman–Crippen MR) is 83.9 cm³/mol. The highest BCUT2D eigenvalue weighted by molar-refractivity contribution is 7.99. The smallest absolute Gasteiger partial charge is 0.253 e. The highest BCUT2D eigenvalue weighted by atomic mass is 32.2. The number of hydrogen-bond donors (Lipinski definition) is 2. The maximum Gasteiger partial charge on any atom is 0.253 e. The van der Waals surface area contributed by atoms with Crippen LogP contribution in [0.4, 0.5) is 5.69 Å². The van der Waals surface area contributed by atoms with E-state index in [-0.39, 0.29) is 5.91 Å². The Kier molecular flexibility index (Phi) is 6.51. The van der Waals surface area contributed by atoms with Gasteiger partial charge < -0.3 is 20.5 Å². The highest BCUT2D eigenvalue weighted by Gasteiger charge is 2.15. The average Bonchev–Trinajstić information content (AvgIpc) is 2.47. The fourth-order valence-corrected chi connectivity index (χ4v) is 2.03. The Morgan fingerprint density at radius 2 is 2.10 bits per heavy atom. The van der Waals surface area contributed by atoms with Crippen molar-refractivity contribution < 1.29 is 14.3 Å². The van der Waals surface area contributed by atoms with Gasteiger partial charge in [-0.3, -0.25) is 4.79 Å². The van der Waals surface area contributed by atoms with Crippen LogP contribution in [0.25, 0.3) is 0 Å². The van der Waals surface area contributed by atoms with E-state index in [1.165, 1.54) is 14.2 Å². The molecule has 0 aliphatic carbocycles. The summed E-state index contributed by atoms with van der Waals surface area (Å²) in [6.07, 6.45) is 2.96. The third-order valence-electron chi connectivity index (χ3n) is 3.05. The van der Waals surface area contributed by atoms with E-state index in [1.807, 2.05) is 0 Å². The number of hydrogen-bond acceptors (Lipinski definition) is 5. The molecule has 0 aliphatic heterocycles. The van der Waals surface area contributed by atoms with Crippen LogP contribution in [0.1, 0.15) is 23.7 Å². The largest absolute Gasteiger partial charge is 0.497 e. The van der Waals surface area contributed by atoms with Crippen molar-refractivity contribution in [1.82, 2.24) is 5.32 Å². The molecule has 0 fully saturated rings. The minimum absolute atomic E-state index is 0.215. The molecule has 1 amide bonds. The third-order valence-corrected chi connectivity index (χ3v) is 4.10. The van der Waals surface area contributed by atoms with Crippen molar-refractivity contribution in [3.05, 3.63) is 17.7 Å². The predicted octanol–water partition coefficient (Wildman–Crippen LogP) is 2.16. The van der Waals surface area contributed by atoms with Gasteiger partial charge in [-0.05, 0) is 18.7 Å². The quantitative estimate of drug-likeness (QED) is 0.755. The van der Waals surface area contributed by atoms with E-state index < -0.39 is 0 Å². The minimum atomic E-state index is -0.215. The van der Waals surface area contributed by atoms with Crippen LogP contribution >= 0.6 is 11.8 Å². The van der Waals surface area contributed by atoms with Gasteiger partial charge in [0.15, 0.2) is 0 Å². The van der Waals surface area contributed by atoms with E-state index in [0.717, 1.165) is 6.42 Å². The number of benzene rings is 1. The van der Waals surface area contributed by atoms with Crippen LogP contribution < -0.4 is 20.5 Å². The number of amides is 1. The van der Waals surface area contributed by atoms with Gasteiger partial charge in [-0.1, -0.05) is 6.92 Å². The van der Waals surface area contributed by atoms with Crippen LogP contribution in [0, 0.1) is 0 Å². The van der Waals surface area contributed by atoms with Crippen LogP contribution in [0.2, 0.25) is 0 Å². The number of nitrogen functional groups attached to an aromatic ring is 1. The lowest BCUT2D eigenvalue weighted by Gasteiger charge is -2.13. The monoisotopic (exact) mass is 298 g/mol. The summed E-state index contributed by atoms with van der Waals surface area (Å²) in [5.74, 6) is 0.763. The maximum atomic E-state index is 12.2. The second-order valence-corrected chi connectivity index (χ2v) is 5.66. The first-order chi connectivity index (χ1) is 9.53. The summed E-state index contributed by atoms with van der Waals surface area (Å²) in [4.78, 5) is 12.2. The number of nitrogens with one attached hydrogen (secondary N) is 1. The van der Waals surface area contributed by atoms with Crippen molar-refractivity contribution in [2.45, 2.75) is 18.6 Å². The van der Waals surface area contributed by atoms with E-state index in [1.54, 1.807) is 23.9 Å². The summed E-state index contributed by atoms with van der Waals surface area (Å²) < 4.78 is 10.3. The van der Waals surface area contributed by atoms with Gasteiger partial charge in [0.2, 0.25) is 0 Å². The number of nitrogens with two attached hydrogens (primary N) is 1. The average molecular weight is 298 g/mol. The van der Waals surface area contributed by atoms with Gasteiger partial charge in [0.1, 0.15) is 11.5 Å². The molecule has 1 atom stereocenters. The molecule has 0 heterocycles. The molecule has 0 saturated heterocycles. The van der Waals surface area contributed by atoms with Crippen molar-refractivity contribution in [3.8, 4) is 11.5 Å². The number of methoxy groups -OCH3 is 2. The lowest BCUT2D eigenvalue weighted by molar-refractivity contribution is 0.0953. The molecule has 1 aromatic rings. The zero-order chi connectivity index (χ0) is 15.1. The van der Waals surface area contributed by atoms with Crippen molar-refractivity contribution in [2.24, 2.45) is 0 Å². The van der Waals surface area contributed by atoms with Crippen LogP contribution in [-0.4, -0.2) is 38.2 Å². The summed E-state index contributed by atoms with van der Waals surface area (Å²) >= 11 is 1.77. The minimum Gasteiger partial charge on any atom is -0.497 e. The van der Waals surface area contributed by atoms with Gasteiger partial charge in [-0.25, -0.2) is 0 Å². The summed E-state index contributed by atoms with van der Waals surface area (Å²) in [6, 6.07) is 3.27. The van der Waals surface area contributed by atoms with Gasteiger partial charge in [-0.2, -0.15) is 11.8 Å². The number of thioether (sulfide) groups is 1. The molecule has 0 aliphatic rings. The number of ether oxygens (including phenoxy) is 2. The Morgan fingerprint density at radius 3 is 2.65 bits per heavy atom. The summed E-state index contributed by atoms with van der Waals surface area (Å²) in [5, 5.41) is 3.37. The second-order valence-electron chi connectivity index (χ2n) is 4.38. The van der Waals surface area contributed by atoms with E-state index in [4.69, 9.17) is 15.2 Å². The van der Waals surface area contributed by atoms with E-state index in [9.17, 15) is 4.79 Å². The Labute approximate surface area is 124 Å². The number of anilines is 1. The van der Waals surface area contributed by atoms with Crippen molar-refractivity contribution in [1.29, 1.82) is 0 Å².